The number of aliphatic hydroxyl groups excluding tert-OH is 1. The quantitative estimate of drug-likeness (QED) is 0.200. The van der Waals surface area contributed by atoms with Gasteiger partial charge < -0.3 is 23.7 Å². The molecule has 8 heteroatoms. The van der Waals surface area contributed by atoms with Crippen LogP contribution in [0.2, 0.25) is 18.1 Å². The molecule has 0 amide bonds. The molecular formula is C27H49IO6Si. The average molecular weight is 625 g/mol. The van der Waals surface area contributed by atoms with Crippen molar-refractivity contribution in [2.24, 2.45) is 11.8 Å². The van der Waals surface area contributed by atoms with Crippen molar-refractivity contribution in [3.8, 4) is 0 Å². The van der Waals surface area contributed by atoms with E-state index < -0.39 is 25.8 Å². The minimum atomic E-state index is -2.06. The van der Waals surface area contributed by atoms with Gasteiger partial charge in [-0.05, 0) is 60.7 Å². The summed E-state index contributed by atoms with van der Waals surface area (Å²) in [6.45, 7) is 17.6. The maximum atomic E-state index is 13.3. The zero-order valence-electron chi connectivity index (χ0n) is 23.4. The van der Waals surface area contributed by atoms with E-state index in [0.717, 1.165) is 19.3 Å². The molecule has 1 N–H and O–H groups in total. The van der Waals surface area contributed by atoms with Gasteiger partial charge in [0.1, 0.15) is 5.60 Å². The fourth-order valence-corrected chi connectivity index (χ4v) is 6.74. The van der Waals surface area contributed by atoms with Gasteiger partial charge in [-0.15, -0.1) is 0 Å². The number of carbonyl (C=O) groups is 1. The van der Waals surface area contributed by atoms with Crippen molar-refractivity contribution in [3.05, 3.63) is 10.2 Å². The summed E-state index contributed by atoms with van der Waals surface area (Å²) in [6, 6.07) is 0. The van der Waals surface area contributed by atoms with Crippen molar-refractivity contribution in [1.82, 2.24) is 0 Å². The normalized spacial score (nSPS) is 38.0. The van der Waals surface area contributed by atoms with Crippen molar-refractivity contribution < 1.29 is 28.5 Å². The number of esters is 1. The maximum absolute atomic E-state index is 13.3. The van der Waals surface area contributed by atoms with Gasteiger partial charge in [0, 0.05) is 25.9 Å². The van der Waals surface area contributed by atoms with Crippen LogP contribution in [0.3, 0.4) is 0 Å². The molecule has 0 spiro atoms. The highest BCUT2D eigenvalue weighted by molar-refractivity contribution is 14.1. The molecule has 2 aliphatic heterocycles. The molecule has 2 saturated heterocycles. The van der Waals surface area contributed by atoms with Gasteiger partial charge in [0.25, 0.3) is 0 Å². The Morgan fingerprint density at radius 1 is 1.23 bits per heavy atom. The van der Waals surface area contributed by atoms with Crippen molar-refractivity contribution in [1.29, 1.82) is 0 Å². The van der Waals surface area contributed by atoms with Crippen LogP contribution in [0.1, 0.15) is 86.5 Å². The van der Waals surface area contributed by atoms with Crippen LogP contribution in [0.5, 0.6) is 0 Å². The topological polar surface area (TPSA) is 74.2 Å². The van der Waals surface area contributed by atoms with Gasteiger partial charge in [0.2, 0.25) is 0 Å². The van der Waals surface area contributed by atoms with Gasteiger partial charge >= 0.3 is 5.97 Å². The lowest BCUT2D eigenvalue weighted by Crippen LogP contribution is -2.54. The maximum Gasteiger partial charge on any atom is 0.311 e. The van der Waals surface area contributed by atoms with Gasteiger partial charge in [0.15, 0.2) is 14.1 Å². The molecular weight excluding hydrogens is 575 g/mol. The number of halogens is 1. The molecule has 35 heavy (non-hydrogen) atoms. The van der Waals surface area contributed by atoms with E-state index in [0.29, 0.717) is 12.8 Å². The number of fused-ring (bicyclic) bond motifs is 2. The Balaban J connectivity index is 2.44. The molecule has 2 bridgehead atoms. The summed E-state index contributed by atoms with van der Waals surface area (Å²) in [6.07, 6.45) is 5.38. The number of aliphatic hydroxyl groups is 1. The van der Waals surface area contributed by atoms with Crippen LogP contribution >= 0.6 is 22.6 Å². The molecule has 2 rings (SSSR count). The lowest BCUT2D eigenvalue weighted by Gasteiger charge is -2.47. The second-order valence-electron chi connectivity index (χ2n) is 12.6. The van der Waals surface area contributed by atoms with Crippen LogP contribution in [-0.2, 0) is 23.4 Å². The first-order chi connectivity index (χ1) is 16.1. The molecule has 0 unspecified atom stereocenters. The smallest absolute Gasteiger partial charge is 0.311 e. The number of hydrogen-bond acceptors (Lipinski definition) is 6. The van der Waals surface area contributed by atoms with Crippen molar-refractivity contribution in [2.75, 3.05) is 7.11 Å². The molecule has 0 radical (unpaired) electrons. The summed E-state index contributed by atoms with van der Waals surface area (Å²) in [4.78, 5) is 13.3. The zero-order valence-corrected chi connectivity index (χ0v) is 26.5. The third-order valence-corrected chi connectivity index (χ3v) is 13.6. The van der Waals surface area contributed by atoms with Gasteiger partial charge in [-0.3, -0.25) is 4.79 Å². The molecule has 7 atom stereocenters. The Kier molecular flexibility index (Phi) is 10.9. The highest BCUT2D eigenvalue weighted by Crippen LogP contribution is 2.43. The third kappa shape index (κ3) is 8.24. The Hall–Kier alpha value is -0.00312. The summed E-state index contributed by atoms with van der Waals surface area (Å²) in [7, 11) is -0.506. The molecule has 0 aromatic heterocycles. The SMILES string of the molecule is CO[C@]12CC(=O)O[C@](C)(CC/C=C/I)C[C@@H](O[Si](C)(C)C(C)(C)C)[C@H](C)CC[C@H](O1)[C@H](C)[C@@H](O)C2. The summed E-state index contributed by atoms with van der Waals surface area (Å²) >= 11 is 2.22. The molecule has 0 aromatic rings. The summed E-state index contributed by atoms with van der Waals surface area (Å²) in [5.74, 6) is -1.30. The summed E-state index contributed by atoms with van der Waals surface area (Å²) in [5.41, 5.74) is -0.678. The van der Waals surface area contributed by atoms with Crippen LogP contribution < -0.4 is 0 Å². The summed E-state index contributed by atoms with van der Waals surface area (Å²) < 4.78 is 27.4. The number of ether oxygens (including phenoxy) is 3. The molecule has 0 aromatic carbocycles. The lowest BCUT2D eigenvalue weighted by molar-refractivity contribution is -0.303. The van der Waals surface area contributed by atoms with Crippen molar-refractivity contribution in [3.63, 3.8) is 0 Å². The monoisotopic (exact) mass is 624 g/mol. The minimum absolute atomic E-state index is 0.0328. The van der Waals surface area contributed by atoms with E-state index in [1.54, 1.807) is 7.11 Å². The standard InChI is InChI=1S/C27H49IO6Si/c1-19-12-13-22-20(2)21(29)16-27(31-7,32-22)18-24(30)33-26(6,14-10-11-15-28)17-23(19)34-35(8,9)25(3,4)5/h11,15,19-23,29H,10,12-14,16-18H2,1-9H3/b15-11+/t19-,20-,21+,22+,23-,26-,27+/m1/s1. The van der Waals surface area contributed by atoms with Crippen LogP contribution in [0.15, 0.2) is 10.2 Å². The predicted octanol–water partition coefficient (Wildman–Crippen LogP) is 6.75. The van der Waals surface area contributed by atoms with E-state index in [1.807, 2.05) is 17.9 Å². The molecule has 6 nitrogen and oxygen atoms in total. The fourth-order valence-electron chi connectivity index (χ4n) is 4.95. The third-order valence-electron chi connectivity index (χ3n) is 8.58. The Morgan fingerprint density at radius 2 is 1.89 bits per heavy atom. The van der Waals surface area contributed by atoms with E-state index >= 15 is 0 Å². The van der Waals surface area contributed by atoms with E-state index in [-0.39, 0.29) is 47.9 Å². The Bertz CT molecular complexity index is 738. The predicted molar refractivity (Wildman–Crippen MR) is 151 cm³/mol. The van der Waals surface area contributed by atoms with Crippen LogP contribution in [0, 0.1) is 11.8 Å². The zero-order chi connectivity index (χ0) is 26.7. The molecule has 0 aliphatic carbocycles. The molecule has 2 heterocycles. The summed E-state index contributed by atoms with van der Waals surface area (Å²) in [5, 5.41) is 10.9. The largest absolute Gasteiger partial charge is 0.459 e. The number of rotatable bonds is 6. The van der Waals surface area contributed by atoms with Crippen LogP contribution in [-0.4, -0.2) is 56.2 Å². The molecule has 2 fully saturated rings. The molecule has 2 aliphatic rings. The number of carbonyl (C=O) groups excluding carboxylic acids is 1. The van der Waals surface area contributed by atoms with Gasteiger partial charge in [-0.2, -0.15) is 0 Å². The number of cyclic esters (lactones) is 1. The number of methoxy groups -OCH3 is 1. The van der Waals surface area contributed by atoms with E-state index in [2.05, 4.69) is 69.5 Å². The highest BCUT2D eigenvalue weighted by atomic mass is 127. The molecule has 0 saturated carbocycles. The van der Waals surface area contributed by atoms with E-state index in [1.165, 1.54) is 0 Å². The second kappa shape index (κ2) is 12.2. The first-order valence-electron chi connectivity index (χ1n) is 13.1. The first-order valence-corrected chi connectivity index (χ1v) is 17.3. The second-order valence-corrected chi connectivity index (χ2v) is 18.1. The van der Waals surface area contributed by atoms with Gasteiger partial charge in [0.05, 0.1) is 24.7 Å². The average Bonchev–Trinajstić information content (AvgIpc) is 2.73. The highest BCUT2D eigenvalue weighted by Gasteiger charge is 2.49. The fraction of sp³-hybridized carbons (Fsp3) is 0.889. The lowest BCUT2D eigenvalue weighted by atomic mass is 9.81. The first kappa shape index (κ1) is 31.2. The molecule has 204 valence electrons. The van der Waals surface area contributed by atoms with Gasteiger partial charge in [-0.25, -0.2) is 0 Å². The Labute approximate surface area is 228 Å². The number of allylic oxidation sites excluding steroid dienone is 1. The number of hydrogen-bond donors (Lipinski definition) is 1. The van der Waals surface area contributed by atoms with Gasteiger partial charge in [-0.1, -0.05) is 63.3 Å². The van der Waals surface area contributed by atoms with E-state index in [9.17, 15) is 9.90 Å². The van der Waals surface area contributed by atoms with Crippen molar-refractivity contribution >= 4 is 36.9 Å². The van der Waals surface area contributed by atoms with Crippen molar-refractivity contribution in [2.45, 2.75) is 134 Å². The van der Waals surface area contributed by atoms with Crippen LogP contribution in [0.25, 0.3) is 0 Å². The Morgan fingerprint density at radius 3 is 2.46 bits per heavy atom. The minimum Gasteiger partial charge on any atom is -0.459 e. The van der Waals surface area contributed by atoms with E-state index in [4.69, 9.17) is 18.6 Å². The van der Waals surface area contributed by atoms with Crippen LogP contribution in [0.4, 0.5) is 0 Å².